The molecule has 2 rings (SSSR count). The van der Waals surface area contributed by atoms with E-state index in [0.717, 1.165) is 0 Å². The normalized spacial score (nSPS) is 10.2. The Morgan fingerprint density at radius 3 is 2.52 bits per heavy atom. The first-order valence-corrected chi connectivity index (χ1v) is 6.28. The SMILES string of the molecule is COc1ccc(COc2ccc([N+](=O)[O-])cc2Cl)cc1F. The maximum atomic E-state index is 13.5. The summed E-state index contributed by atoms with van der Waals surface area (Å²) >= 11 is 5.90. The second kappa shape index (κ2) is 6.41. The zero-order chi connectivity index (χ0) is 15.4. The molecule has 0 aliphatic heterocycles. The molecule has 0 atom stereocenters. The maximum Gasteiger partial charge on any atom is 0.271 e. The summed E-state index contributed by atoms with van der Waals surface area (Å²) in [5, 5.41) is 10.7. The molecule has 0 amide bonds. The molecule has 0 saturated carbocycles. The number of ether oxygens (including phenoxy) is 2. The van der Waals surface area contributed by atoms with E-state index in [-0.39, 0.29) is 23.1 Å². The van der Waals surface area contributed by atoms with E-state index >= 15 is 0 Å². The minimum atomic E-state index is -0.547. The highest BCUT2D eigenvalue weighted by Crippen LogP contribution is 2.29. The summed E-state index contributed by atoms with van der Waals surface area (Å²) in [6, 6.07) is 8.33. The van der Waals surface area contributed by atoms with Gasteiger partial charge in [-0.3, -0.25) is 10.1 Å². The number of non-ortho nitro benzene ring substituents is 1. The number of nitro groups is 1. The number of benzene rings is 2. The molecule has 0 fully saturated rings. The van der Waals surface area contributed by atoms with Crippen molar-refractivity contribution in [1.82, 2.24) is 0 Å². The summed E-state index contributed by atoms with van der Waals surface area (Å²) in [4.78, 5) is 10.0. The van der Waals surface area contributed by atoms with Gasteiger partial charge in [0, 0.05) is 12.1 Å². The quantitative estimate of drug-likeness (QED) is 0.619. The third-order valence-corrected chi connectivity index (χ3v) is 3.03. The molecule has 2 aromatic carbocycles. The molecule has 0 saturated heterocycles. The van der Waals surface area contributed by atoms with Crippen molar-refractivity contribution in [2.24, 2.45) is 0 Å². The van der Waals surface area contributed by atoms with Crippen LogP contribution in [0.3, 0.4) is 0 Å². The Balaban J connectivity index is 2.09. The van der Waals surface area contributed by atoms with Gasteiger partial charge in [-0.05, 0) is 23.8 Å². The van der Waals surface area contributed by atoms with Crippen LogP contribution < -0.4 is 9.47 Å². The fourth-order valence-electron chi connectivity index (χ4n) is 1.68. The van der Waals surface area contributed by atoms with Gasteiger partial charge in [0.05, 0.1) is 17.1 Å². The van der Waals surface area contributed by atoms with Crippen LogP contribution in [0.2, 0.25) is 5.02 Å². The Labute approximate surface area is 125 Å². The first-order valence-electron chi connectivity index (χ1n) is 5.90. The highest BCUT2D eigenvalue weighted by Gasteiger charge is 2.11. The van der Waals surface area contributed by atoms with E-state index in [4.69, 9.17) is 21.1 Å². The van der Waals surface area contributed by atoms with Crippen LogP contribution in [0.25, 0.3) is 0 Å². The molecule has 0 aromatic heterocycles. The summed E-state index contributed by atoms with van der Waals surface area (Å²) in [6.45, 7) is 0.0818. The van der Waals surface area contributed by atoms with Gasteiger partial charge < -0.3 is 9.47 Å². The van der Waals surface area contributed by atoms with E-state index in [1.54, 1.807) is 6.07 Å². The smallest absolute Gasteiger partial charge is 0.271 e. The number of rotatable bonds is 5. The average molecular weight is 312 g/mol. The Kier molecular flexibility index (Phi) is 4.59. The van der Waals surface area contributed by atoms with Gasteiger partial charge in [-0.2, -0.15) is 0 Å². The number of nitrogens with zero attached hydrogens (tertiary/aromatic N) is 1. The fraction of sp³-hybridized carbons (Fsp3) is 0.143. The lowest BCUT2D eigenvalue weighted by atomic mass is 10.2. The number of hydrogen-bond donors (Lipinski definition) is 0. The molecule has 0 bridgehead atoms. The molecule has 2 aromatic rings. The number of nitro benzene ring substituents is 1. The molecular weight excluding hydrogens is 301 g/mol. The number of halogens is 2. The predicted octanol–water partition coefficient (Wildman–Crippen LogP) is 3.97. The van der Waals surface area contributed by atoms with E-state index in [0.29, 0.717) is 11.3 Å². The van der Waals surface area contributed by atoms with Gasteiger partial charge in [-0.1, -0.05) is 17.7 Å². The van der Waals surface area contributed by atoms with Gasteiger partial charge in [0.1, 0.15) is 12.4 Å². The van der Waals surface area contributed by atoms with Gasteiger partial charge in [0.15, 0.2) is 11.6 Å². The minimum Gasteiger partial charge on any atom is -0.494 e. The summed E-state index contributed by atoms with van der Waals surface area (Å²) in [7, 11) is 1.38. The molecule has 5 nitrogen and oxygen atoms in total. The molecule has 0 spiro atoms. The number of methoxy groups -OCH3 is 1. The van der Waals surface area contributed by atoms with Crippen LogP contribution in [-0.4, -0.2) is 12.0 Å². The zero-order valence-corrected chi connectivity index (χ0v) is 11.8. The molecule has 0 N–H and O–H groups in total. The van der Waals surface area contributed by atoms with Crippen molar-refractivity contribution in [2.75, 3.05) is 7.11 Å². The second-order valence-corrected chi connectivity index (χ2v) is 4.54. The monoisotopic (exact) mass is 311 g/mol. The van der Waals surface area contributed by atoms with Crippen LogP contribution in [0.5, 0.6) is 11.5 Å². The summed E-state index contributed by atoms with van der Waals surface area (Å²) < 4.78 is 23.8. The molecule has 0 aliphatic carbocycles. The van der Waals surface area contributed by atoms with E-state index < -0.39 is 10.7 Å². The topological polar surface area (TPSA) is 61.6 Å². The average Bonchev–Trinajstić information content (AvgIpc) is 2.46. The van der Waals surface area contributed by atoms with E-state index in [1.165, 1.54) is 37.4 Å². The molecule has 0 radical (unpaired) electrons. The summed E-state index contributed by atoms with van der Waals surface area (Å²) in [5.74, 6) is -0.0565. The van der Waals surface area contributed by atoms with Crippen LogP contribution in [0.1, 0.15) is 5.56 Å². The highest BCUT2D eigenvalue weighted by atomic mass is 35.5. The Morgan fingerprint density at radius 1 is 1.24 bits per heavy atom. The third-order valence-electron chi connectivity index (χ3n) is 2.74. The summed E-state index contributed by atoms with van der Waals surface area (Å²) in [6.07, 6.45) is 0. The van der Waals surface area contributed by atoms with Gasteiger partial charge in [-0.25, -0.2) is 4.39 Å². The first-order chi connectivity index (χ1) is 10.0. The molecule has 0 aliphatic rings. The molecular formula is C14H11ClFNO4. The standard InChI is InChI=1S/C14H11ClFNO4/c1-20-14-4-2-9(6-12(14)16)8-21-13-5-3-10(17(18)19)7-11(13)15/h2-7H,8H2,1H3. The Bertz CT molecular complexity index is 678. The molecule has 0 unspecified atom stereocenters. The van der Waals surface area contributed by atoms with Crippen molar-refractivity contribution < 1.29 is 18.8 Å². The van der Waals surface area contributed by atoms with Crippen LogP contribution in [-0.2, 0) is 6.61 Å². The summed E-state index contributed by atoms with van der Waals surface area (Å²) in [5.41, 5.74) is 0.463. The lowest BCUT2D eigenvalue weighted by Crippen LogP contribution is -1.98. The molecule has 110 valence electrons. The lowest BCUT2D eigenvalue weighted by molar-refractivity contribution is -0.384. The van der Waals surface area contributed by atoms with E-state index in [9.17, 15) is 14.5 Å². The molecule has 0 heterocycles. The second-order valence-electron chi connectivity index (χ2n) is 4.13. The van der Waals surface area contributed by atoms with Crippen LogP contribution in [0.4, 0.5) is 10.1 Å². The van der Waals surface area contributed by atoms with Gasteiger partial charge >= 0.3 is 0 Å². The molecule has 7 heteroatoms. The van der Waals surface area contributed by atoms with Crippen LogP contribution in [0, 0.1) is 15.9 Å². The molecule has 21 heavy (non-hydrogen) atoms. The fourth-order valence-corrected chi connectivity index (χ4v) is 1.91. The van der Waals surface area contributed by atoms with E-state index in [1.807, 2.05) is 0 Å². The van der Waals surface area contributed by atoms with Gasteiger partial charge in [-0.15, -0.1) is 0 Å². The lowest BCUT2D eigenvalue weighted by Gasteiger charge is -2.09. The Morgan fingerprint density at radius 2 is 1.95 bits per heavy atom. The van der Waals surface area contributed by atoms with Crippen LogP contribution in [0.15, 0.2) is 36.4 Å². The van der Waals surface area contributed by atoms with Crippen molar-refractivity contribution in [3.8, 4) is 11.5 Å². The van der Waals surface area contributed by atoms with Crippen molar-refractivity contribution in [3.05, 3.63) is 62.9 Å². The Hall–Kier alpha value is -2.34. The highest BCUT2D eigenvalue weighted by molar-refractivity contribution is 6.32. The van der Waals surface area contributed by atoms with Crippen molar-refractivity contribution in [2.45, 2.75) is 6.61 Å². The van der Waals surface area contributed by atoms with Gasteiger partial charge in [0.25, 0.3) is 5.69 Å². The predicted molar refractivity (Wildman–Crippen MR) is 75.4 cm³/mol. The largest absolute Gasteiger partial charge is 0.494 e. The maximum absolute atomic E-state index is 13.5. The van der Waals surface area contributed by atoms with Crippen molar-refractivity contribution in [1.29, 1.82) is 0 Å². The van der Waals surface area contributed by atoms with Crippen molar-refractivity contribution >= 4 is 17.3 Å². The van der Waals surface area contributed by atoms with Crippen LogP contribution >= 0.6 is 11.6 Å². The minimum absolute atomic E-state index is 0.0818. The van der Waals surface area contributed by atoms with E-state index in [2.05, 4.69) is 0 Å². The van der Waals surface area contributed by atoms with Crippen molar-refractivity contribution in [3.63, 3.8) is 0 Å². The van der Waals surface area contributed by atoms with Gasteiger partial charge in [0.2, 0.25) is 0 Å². The number of hydrogen-bond acceptors (Lipinski definition) is 4. The zero-order valence-electron chi connectivity index (χ0n) is 11.0. The first kappa shape index (κ1) is 15.1. The third kappa shape index (κ3) is 3.61.